The van der Waals surface area contributed by atoms with Gasteiger partial charge in [-0.25, -0.2) is 0 Å². The van der Waals surface area contributed by atoms with Crippen molar-refractivity contribution in [3.05, 3.63) is 59.7 Å². The van der Waals surface area contributed by atoms with Gasteiger partial charge in [-0.1, -0.05) is 13.3 Å². The summed E-state index contributed by atoms with van der Waals surface area (Å²) in [6.45, 7) is 5.20. The Morgan fingerprint density at radius 3 is 2.14 bits per heavy atom. The van der Waals surface area contributed by atoms with Crippen LogP contribution in [0.5, 0.6) is 5.75 Å². The number of nitrogens with one attached hydrogen (secondary N) is 3. The van der Waals surface area contributed by atoms with E-state index >= 15 is 0 Å². The van der Waals surface area contributed by atoms with Crippen LogP contribution in [0, 0.1) is 0 Å². The normalized spacial score (nSPS) is 10.1. The van der Waals surface area contributed by atoms with Gasteiger partial charge >= 0.3 is 0 Å². The number of hydrogen-bond donors (Lipinski definition) is 3. The molecule has 0 unspecified atom stereocenters. The summed E-state index contributed by atoms with van der Waals surface area (Å²) in [7, 11) is 0. The fourth-order valence-corrected chi connectivity index (χ4v) is 2.55. The molecule has 2 rings (SSSR count). The molecular formula is C21H25N3O3S. The van der Waals surface area contributed by atoms with Crippen LogP contribution in [-0.2, 0) is 0 Å². The summed E-state index contributed by atoms with van der Waals surface area (Å²) in [4.78, 5) is 24.1. The minimum absolute atomic E-state index is 0.132. The van der Waals surface area contributed by atoms with Crippen molar-refractivity contribution in [2.24, 2.45) is 0 Å². The lowest BCUT2D eigenvalue weighted by Crippen LogP contribution is -2.34. The number of carbonyl (C=O) groups excluding carboxylic acids is 2. The highest BCUT2D eigenvalue weighted by molar-refractivity contribution is 7.80. The second-order valence-electron chi connectivity index (χ2n) is 6.07. The molecule has 0 radical (unpaired) electrons. The van der Waals surface area contributed by atoms with Crippen LogP contribution >= 0.6 is 12.2 Å². The van der Waals surface area contributed by atoms with E-state index in [-0.39, 0.29) is 16.9 Å². The predicted octanol–water partition coefficient (Wildman–Crippen LogP) is 3.74. The van der Waals surface area contributed by atoms with Gasteiger partial charge in [-0.15, -0.1) is 0 Å². The zero-order valence-electron chi connectivity index (χ0n) is 16.1. The van der Waals surface area contributed by atoms with Crippen LogP contribution in [0.4, 0.5) is 5.69 Å². The number of benzene rings is 2. The molecule has 0 aliphatic heterocycles. The second-order valence-corrected chi connectivity index (χ2v) is 6.48. The lowest BCUT2D eigenvalue weighted by molar-refractivity contribution is 0.0953. The molecule has 2 aromatic carbocycles. The molecule has 28 heavy (non-hydrogen) atoms. The Morgan fingerprint density at radius 2 is 1.54 bits per heavy atom. The van der Waals surface area contributed by atoms with Crippen LogP contribution in [0.2, 0.25) is 0 Å². The Labute approximate surface area is 170 Å². The molecule has 0 aromatic heterocycles. The smallest absolute Gasteiger partial charge is 0.257 e. The Bertz CT molecular complexity index is 805. The van der Waals surface area contributed by atoms with E-state index in [1.54, 1.807) is 48.5 Å². The summed E-state index contributed by atoms with van der Waals surface area (Å²) in [6, 6.07) is 13.8. The number of ether oxygens (including phenoxy) is 1. The van der Waals surface area contributed by atoms with Crippen LogP contribution in [-0.4, -0.2) is 30.1 Å². The molecule has 0 heterocycles. The van der Waals surface area contributed by atoms with Crippen LogP contribution < -0.4 is 20.7 Å². The molecule has 0 bridgehead atoms. The van der Waals surface area contributed by atoms with Crippen molar-refractivity contribution in [2.75, 3.05) is 18.5 Å². The third kappa shape index (κ3) is 6.66. The first-order valence-corrected chi connectivity index (χ1v) is 9.67. The van der Waals surface area contributed by atoms with E-state index < -0.39 is 0 Å². The summed E-state index contributed by atoms with van der Waals surface area (Å²) in [5.74, 6) is 0.293. The van der Waals surface area contributed by atoms with E-state index in [1.165, 1.54) is 0 Å². The van der Waals surface area contributed by atoms with Crippen LogP contribution in [0.3, 0.4) is 0 Å². The molecule has 2 aromatic rings. The van der Waals surface area contributed by atoms with Crippen molar-refractivity contribution in [3.8, 4) is 5.75 Å². The van der Waals surface area contributed by atoms with Gasteiger partial charge in [-0.05, 0) is 74.1 Å². The predicted molar refractivity (Wildman–Crippen MR) is 115 cm³/mol. The van der Waals surface area contributed by atoms with E-state index in [0.29, 0.717) is 30.0 Å². The summed E-state index contributed by atoms with van der Waals surface area (Å²) in [5.41, 5.74) is 1.72. The number of amides is 2. The maximum Gasteiger partial charge on any atom is 0.257 e. The van der Waals surface area contributed by atoms with Gasteiger partial charge in [-0.2, -0.15) is 0 Å². The zero-order chi connectivity index (χ0) is 20.4. The largest absolute Gasteiger partial charge is 0.494 e. The van der Waals surface area contributed by atoms with Crippen molar-refractivity contribution in [1.29, 1.82) is 0 Å². The Morgan fingerprint density at radius 1 is 0.929 bits per heavy atom. The highest BCUT2D eigenvalue weighted by Crippen LogP contribution is 2.13. The fraction of sp³-hybridized carbons (Fsp3) is 0.286. The van der Waals surface area contributed by atoms with Gasteiger partial charge in [0.05, 0.1) is 6.61 Å². The van der Waals surface area contributed by atoms with E-state index in [0.717, 1.165) is 18.6 Å². The summed E-state index contributed by atoms with van der Waals surface area (Å²) >= 11 is 5.19. The highest BCUT2D eigenvalue weighted by Gasteiger charge is 2.09. The van der Waals surface area contributed by atoms with Crippen molar-refractivity contribution < 1.29 is 14.3 Å². The zero-order valence-corrected chi connectivity index (χ0v) is 16.9. The molecular weight excluding hydrogens is 374 g/mol. The third-order valence-corrected chi connectivity index (χ3v) is 4.06. The molecule has 148 valence electrons. The number of thiocarbonyl (C=S) groups is 1. The molecule has 0 spiro atoms. The molecule has 0 atom stereocenters. The molecule has 0 saturated carbocycles. The van der Waals surface area contributed by atoms with Gasteiger partial charge in [-0.3, -0.25) is 14.9 Å². The van der Waals surface area contributed by atoms with Crippen molar-refractivity contribution in [3.63, 3.8) is 0 Å². The first kappa shape index (κ1) is 21.4. The SMILES string of the molecule is CCCCOc1ccc(C(=O)NC(=S)Nc2ccc(C(=O)NCC)cc2)cc1. The monoisotopic (exact) mass is 399 g/mol. The minimum atomic E-state index is -0.309. The Kier molecular flexibility index (Phi) is 8.42. The maximum absolute atomic E-state index is 12.3. The first-order chi connectivity index (χ1) is 13.5. The summed E-state index contributed by atoms with van der Waals surface area (Å²) < 4.78 is 5.58. The summed E-state index contributed by atoms with van der Waals surface area (Å²) in [6.07, 6.45) is 2.06. The van der Waals surface area contributed by atoms with E-state index in [2.05, 4.69) is 22.9 Å². The van der Waals surface area contributed by atoms with Gasteiger partial charge < -0.3 is 15.4 Å². The third-order valence-electron chi connectivity index (χ3n) is 3.85. The van der Waals surface area contributed by atoms with Crippen LogP contribution in [0.25, 0.3) is 0 Å². The Balaban J connectivity index is 1.86. The van der Waals surface area contributed by atoms with Crippen molar-refractivity contribution >= 4 is 34.8 Å². The van der Waals surface area contributed by atoms with Gasteiger partial charge in [0.25, 0.3) is 11.8 Å². The summed E-state index contributed by atoms with van der Waals surface area (Å²) in [5, 5.41) is 8.48. The molecule has 7 heteroatoms. The lowest BCUT2D eigenvalue weighted by atomic mass is 10.2. The van der Waals surface area contributed by atoms with Gasteiger partial charge in [0.2, 0.25) is 0 Å². The van der Waals surface area contributed by atoms with E-state index in [9.17, 15) is 9.59 Å². The highest BCUT2D eigenvalue weighted by atomic mass is 32.1. The van der Waals surface area contributed by atoms with Crippen molar-refractivity contribution in [2.45, 2.75) is 26.7 Å². The average molecular weight is 400 g/mol. The second kappa shape index (κ2) is 11.0. The Hall–Kier alpha value is -2.93. The van der Waals surface area contributed by atoms with Gasteiger partial charge in [0, 0.05) is 23.4 Å². The minimum Gasteiger partial charge on any atom is -0.494 e. The van der Waals surface area contributed by atoms with Crippen LogP contribution in [0.1, 0.15) is 47.4 Å². The number of rotatable bonds is 8. The van der Waals surface area contributed by atoms with Gasteiger partial charge in [0.1, 0.15) is 5.75 Å². The van der Waals surface area contributed by atoms with E-state index in [1.807, 2.05) is 6.92 Å². The first-order valence-electron chi connectivity index (χ1n) is 9.27. The molecule has 0 saturated heterocycles. The number of carbonyl (C=O) groups is 2. The number of hydrogen-bond acceptors (Lipinski definition) is 4. The van der Waals surface area contributed by atoms with Crippen molar-refractivity contribution in [1.82, 2.24) is 10.6 Å². The standard InChI is InChI=1S/C21H25N3O3S/c1-3-5-14-27-18-12-8-16(9-13-18)20(26)24-21(28)23-17-10-6-15(7-11-17)19(25)22-4-2/h6-13H,3-5,14H2,1-2H3,(H,22,25)(H2,23,24,26,28). The average Bonchev–Trinajstić information content (AvgIpc) is 2.69. The topological polar surface area (TPSA) is 79.5 Å². The number of unbranched alkanes of at least 4 members (excludes halogenated alkanes) is 1. The molecule has 2 amide bonds. The lowest BCUT2D eigenvalue weighted by Gasteiger charge is -2.11. The molecule has 0 fully saturated rings. The number of anilines is 1. The molecule has 3 N–H and O–H groups in total. The van der Waals surface area contributed by atoms with E-state index in [4.69, 9.17) is 17.0 Å². The molecule has 0 aliphatic rings. The molecule has 0 aliphatic carbocycles. The van der Waals surface area contributed by atoms with Crippen LogP contribution in [0.15, 0.2) is 48.5 Å². The maximum atomic E-state index is 12.3. The fourth-order valence-electron chi connectivity index (χ4n) is 2.34. The quantitative estimate of drug-likeness (QED) is 0.465. The molecule has 6 nitrogen and oxygen atoms in total. The van der Waals surface area contributed by atoms with Gasteiger partial charge in [0.15, 0.2) is 5.11 Å².